The van der Waals surface area contributed by atoms with Crippen molar-refractivity contribution in [1.29, 1.82) is 0 Å². The van der Waals surface area contributed by atoms with Crippen molar-refractivity contribution < 1.29 is 14.3 Å². The number of nitrogens with zero attached hydrogens (tertiary/aromatic N) is 2. The molecule has 0 aliphatic carbocycles. The molecular weight excluding hydrogens is 378 g/mol. The van der Waals surface area contributed by atoms with Crippen molar-refractivity contribution in [2.24, 2.45) is 0 Å². The Morgan fingerprint density at radius 3 is 2.32 bits per heavy atom. The molecule has 1 aromatic heterocycles. The molecular formula is C21H18ClN3O3. The minimum atomic E-state index is -0.703. The summed E-state index contributed by atoms with van der Waals surface area (Å²) in [6, 6.07) is 16.3. The van der Waals surface area contributed by atoms with Gasteiger partial charge in [0.1, 0.15) is 0 Å². The van der Waals surface area contributed by atoms with Crippen molar-refractivity contribution in [1.82, 2.24) is 15.3 Å². The molecule has 1 unspecified atom stereocenters. The number of carbonyl (C=O) groups is 2. The van der Waals surface area contributed by atoms with Crippen LogP contribution in [0.2, 0.25) is 5.02 Å². The summed E-state index contributed by atoms with van der Waals surface area (Å²) >= 11 is 5.96. The van der Waals surface area contributed by atoms with Crippen LogP contribution in [0, 0.1) is 6.92 Å². The molecule has 3 aromatic rings. The number of esters is 1. The van der Waals surface area contributed by atoms with E-state index < -0.39 is 24.5 Å². The summed E-state index contributed by atoms with van der Waals surface area (Å²) < 4.78 is 5.05. The predicted octanol–water partition coefficient (Wildman–Crippen LogP) is 3.50. The quantitative estimate of drug-likeness (QED) is 0.646. The highest BCUT2D eigenvalue weighted by molar-refractivity contribution is 6.30. The molecule has 0 aliphatic rings. The van der Waals surface area contributed by atoms with E-state index in [1.807, 2.05) is 42.5 Å². The van der Waals surface area contributed by atoms with Gasteiger partial charge >= 0.3 is 5.97 Å². The predicted molar refractivity (Wildman–Crippen MR) is 105 cm³/mol. The van der Waals surface area contributed by atoms with E-state index in [9.17, 15) is 9.59 Å². The highest BCUT2D eigenvalue weighted by Crippen LogP contribution is 2.23. The first-order valence-corrected chi connectivity index (χ1v) is 8.96. The zero-order chi connectivity index (χ0) is 19.9. The number of rotatable bonds is 6. The Morgan fingerprint density at radius 2 is 1.68 bits per heavy atom. The molecule has 28 heavy (non-hydrogen) atoms. The molecule has 0 spiro atoms. The van der Waals surface area contributed by atoms with Crippen molar-refractivity contribution in [3.8, 4) is 0 Å². The fraction of sp³-hybridized carbons (Fsp3) is 0.143. The monoisotopic (exact) mass is 395 g/mol. The molecule has 0 fully saturated rings. The van der Waals surface area contributed by atoms with Gasteiger partial charge in [0.2, 0.25) is 0 Å². The number of halogens is 1. The zero-order valence-corrected chi connectivity index (χ0v) is 15.9. The second kappa shape index (κ2) is 9.10. The van der Waals surface area contributed by atoms with Crippen molar-refractivity contribution in [3.05, 3.63) is 94.5 Å². The van der Waals surface area contributed by atoms with Crippen LogP contribution in [0.1, 0.15) is 33.4 Å². The Morgan fingerprint density at radius 1 is 1.00 bits per heavy atom. The van der Waals surface area contributed by atoms with Crippen molar-refractivity contribution in [3.63, 3.8) is 0 Å². The van der Waals surface area contributed by atoms with E-state index in [-0.39, 0.29) is 5.69 Å². The van der Waals surface area contributed by atoms with Gasteiger partial charge < -0.3 is 10.1 Å². The van der Waals surface area contributed by atoms with Crippen molar-refractivity contribution >= 4 is 23.5 Å². The number of ether oxygens (including phenoxy) is 1. The van der Waals surface area contributed by atoms with E-state index in [1.54, 1.807) is 19.1 Å². The number of carbonyl (C=O) groups excluding carboxylic acids is 2. The van der Waals surface area contributed by atoms with Crippen LogP contribution in [-0.4, -0.2) is 28.5 Å². The normalized spacial score (nSPS) is 11.5. The summed E-state index contributed by atoms with van der Waals surface area (Å²) in [5, 5.41) is 3.50. The van der Waals surface area contributed by atoms with Crippen LogP contribution in [0.5, 0.6) is 0 Å². The van der Waals surface area contributed by atoms with E-state index in [1.165, 1.54) is 12.4 Å². The topological polar surface area (TPSA) is 81.2 Å². The second-order valence-electron chi connectivity index (χ2n) is 6.08. The van der Waals surface area contributed by atoms with E-state index in [4.69, 9.17) is 16.3 Å². The van der Waals surface area contributed by atoms with Gasteiger partial charge in [0.25, 0.3) is 5.91 Å². The van der Waals surface area contributed by atoms with Crippen LogP contribution in [0.4, 0.5) is 0 Å². The third-order valence-corrected chi connectivity index (χ3v) is 4.22. The number of benzene rings is 2. The smallest absolute Gasteiger partial charge is 0.359 e. The lowest BCUT2D eigenvalue weighted by Gasteiger charge is -2.20. The van der Waals surface area contributed by atoms with Crippen LogP contribution in [-0.2, 0) is 9.53 Å². The number of hydrogen-bond donors (Lipinski definition) is 1. The average molecular weight is 396 g/mol. The molecule has 1 heterocycles. The van der Waals surface area contributed by atoms with E-state index in [0.717, 1.165) is 11.1 Å². The van der Waals surface area contributed by atoms with Crippen molar-refractivity contribution in [2.45, 2.75) is 13.0 Å². The molecule has 142 valence electrons. The lowest BCUT2D eigenvalue weighted by molar-refractivity contribution is -0.124. The molecule has 2 aromatic carbocycles. The molecule has 0 bridgehead atoms. The highest BCUT2D eigenvalue weighted by atomic mass is 35.5. The summed E-state index contributed by atoms with van der Waals surface area (Å²) in [6.45, 7) is 1.33. The number of amides is 1. The zero-order valence-electron chi connectivity index (χ0n) is 15.1. The third kappa shape index (κ3) is 5.14. The van der Waals surface area contributed by atoms with Crippen LogP contribution in [0.25, 0.3) is 0 Å². The Bertz CT molecular complexity index is 945. The first-order chi connectivity index (χ1) is 13.5. The highest BCUT2D eigenvalue weighted by Gasteiger charge is 2.18. The lowest BCUT2D eigenvalue weighted by Crippen LogP contribution is -2.33. The van der Waals surface area contributed by atoms with Gasteiger partial charge in [-0.1, -0.05) is 54.1 Å². The Labute approximate surface area is 167 Å². The summed E-state index contributed by atoms with van der Waals surface area (Å²) in [5.74, 6) is -1.14. The van der Waals surface area contributed by atoms with Gasteiger partial charge in [-0.3, -0.25) is 9.78 Å². The lowest BCUT2D eigenvalue weighted by atomic mass is 9.99. The van der Waals surface area contributed by atoms with Crippen LogP contribution in [0.15, 0.2) is 67.0 Å². The number of hydrogen-bond acceptors (Lipinski definition) is 5. The largest absolute Gasteiger partial charge is 0.451 e. The maximum Gasteiger partial charge on any atom is 0.359 e. The van der Waals surface area contributed by atoms with Crippen molar-refractivity contribution in [2.75, 3.05) is 6.61 Å². The maximum absolute atomic E-state index is 12.4. The number of aromatic nitrogens is 2. The summed E-state index contributed by atoms with van der Waals surface area (Å²) in [7, 11) is 0. The maximum atomic E-state index is 12.4. The van der Waals surface area contributed by atoms with Gasteiger partial charge in [-0.25, -0.2) is 9.78 Å². The molecule has 0 aliphatic heterocycles. The third-order valence-electron chi connectivity index (χ3n) is 3.97. The molecule has 0 radical (unpaired) electrons. The standard InChI is InChI=1S/C21H18ClN3O3/c1-14-11-24-18(12-23-14)21(27)28-13-19(26)25-20(15-5-3-2-4-6-15)16-7-9-17(22)10-8-16/h2-12,20H,13H2,1H3,(H,25,26). The number of nitrogens with one attached hydrogen (secondary N) is 1. The molecule has 7 heteroatoms. The summed E-state index contributed by atoms with van der Waals surface area (Å²) in [6.07, 6.45) is 2.78. The van der Waals surface area contributed by atoms with Gasteiger partial charge in [0, 0.05) is 11.2 Å². The fourth-order valence-corrected chi connectivity index (χ4v) is 2.69. The van der Waals surface area contributed by atoms with Crippen LogP contribution in [0.3, 0.4) is 0 Å². The first kappa shape index (κ1) is 19.5. The first-order valence-electron chi connectivity index (χ1n) is 8.58. The summed E-state index contributed by atoms with van der Waals surface area (Å²) in [5.41, 5.74) is 2.49. The van der Waals surface area contributed by atoms with Gasteiger partial charge in [0.15, 0.2) is 12.3 Å². The van der Waals surface area contributed by atoms with Gasteiger partial charge in [-0.05, 0) is 30.2 Å². The minimum Gasteiger partial charge on any atom is -0.451 e. The SMILES string of the molecule is Cc1cnc(C(=O)OCC(=O)NC(c2ccccc2)c2ccc(Cl)cc2)cn1. The van der Waals surface area contributed by atoms with Crippen LogP contribution < -0.4 is 5.32 Å². The Hall–Kier alpha value is -3.25. The van der Waals surface area contributed by atoms with Gasteiger partial charge in [-0.15, -0.1) is 0 Å². The van der Waals surface area contributed by atoms with Gasteiger partial charge in [0.05, 0.1) is 17.9 Å². The second-order valence-corrected chi connectivity index (χ2v) is 6.52. The molecule has 0 saturated heterocycles. The molecule has 6 nitrogen and oxygen atoms in total. The minimum absolute atomic E-state index is 0.0516. The fourth-order valence-electron chi connectivity index (χ4n) is 2.57. The molecule has 0 saturated carbocycles. The van der Waals surface area contributed by atoms with E-state index in [0.29, 0.717) is 10.7 Å². The molecule has 1 atom stereocenters. The van der Waals surface area contributed by atoms with E-state index in [2.05, 4.69) is 15.3 Å². The van der Waals surface area contributed by atoms with E-state index >= 15 is 0 Å². The Kier molecular flexibility index (Phi) is 6.34. The number of aryl methyl sites for hydroxylation is 1. The molecule has 1 N–H and O–H groups in total. The van der Waals surface area contributed by atoms with Crippen LogP contribution >= 0.6 is 11.6 Å². The Balaban J connectivity index is 1.68. The van der Waals surface area contributed by atoms with Gasteiger partial charge in [-0.2, -0.15) is 0 Å². The summed E-state index contributed by atoms with van der Waals surface area (Å²) in [4.78, 5) is 32.3. The average Bonchev–Trinajstić information content (AvgIpc) is 2.72. The molecule has 1 amide bonds. The molecule has 3 rings (SSSR count).